The second-order valence-electron chi connectivity index (χ2n) is 2.13. The van der Waals surface area contributed by atoms with Crippen molar-refractivity contribution in [1.82, 2.24) is 4.90 Å². The number of carbonyl (C=O) groups excluding carboxylic acids is 1. The largest absolute Gasteiger partial charge is 0.332 e. The summed E-state index contributed by atoms with van der Waals surface area (Å²) in [5.41, 5.74) is 0. The second kappa shape index (κ2) is 2.93. The zero-order valence-corrected chi connectivity index (χ0v) is 6.52. The van der Waals surface area contributed by atoms with Crippen LogP contribution in [0.3, 0.4) is 0 Å². The van der Waals surface area contributed by atoms with Gasteiger partial charge in [-0.3, -0.25) is 4.79 Å². The van der Waals surface area contributed by atoms with E-state index in [4.69, 9.17) is 5.26 Å². The summed E-state index contributed by atoms with van der Waals surface area (Å²) in [5.74, 6) is 0.660. The van der Waals surface area contributed by atoms with Crippen LogP contribution in [0.1, 0.15) is 6.42 Å². The molecule has 0 aromatic heterocycles. The van der Waals surface area contributed by atoms with Gasteiger partial charge in [-0.15, -0.1) is 11.8 Å². The number of rotatable bonds is 1. The van der Waals surface area contributed by atoms with Gasteiger partial charge in [-0.2, -0.15) is 5.26 Å². The van der Waals surface area contributed by atoms with Crippen LogP contribution in [0.15, 0.2) is 0 Å². The van der Waals surface area contributed by atoms with Gasteiger partial charge in [0, 0.05) is 7.05 Å². The average Bonchev–Trinajstić information content (AvgIpc) is 2.20. The van der Waals surface area contributed by atoms with Crippen molar-refractivity contribution < 1.29 is 4.79 Å². The molecular formula is C6H8N2OS. The van der Waals surface area contributed by atoms with E-state index in [1.807, 2.05) is 6.07 Å². The molecule has 3 nitrogen and oxygen atoms in total. The zero-order chi connectivity index (χ0) is 7.56. The first-order valence-electron chi connectivity index (χ1n) is 3.00. The zero-order valence-electron chi connectivity index (χ0n) is 5.70. The van der Waals surface area contributed by atoms with Gasteiger partial charge in [0.05, 0.1) is 23.6 Å². The molecule has 1 unspecified atom stereocenters. The van der Waals surface area contributed by atoms with Crippen molar-refractivity contribution >= 4 is 17.7 Å². The smallest absolute Gasteiger partial charge is 0.233 e. The molecule has 1 rings (SSSR count). The molecular weight excluding hydrogens is 148 g/mol. The summed E-state index contributed by atoms with van der Waals surface area (Å²) in [4.78, 5) is 12.5. The van der Waals surface area contributed by atoms with Gasteiger partial charge in [0.2, 0.25) is 5.91 Å². The number of carbonyl (C=O) groups is 1. The molecule has 0 N–H and O–H groups in total. The molecule has 0 aromatic rings. The maximum absolute atomic E-state index is 10.9. The molecule has 0 saturated carbocycles. The van der Waals surface area contributed by atoms with Gasteiger partial charge in [-0.25, -0.2) is 0 Å². The van der Waals surface area contributed by atoms with Crippen LogP contribution >= 0.6 is 11.8 Å². The Hall–Kier alpha value is -0.690. The lowest BCUT2D eigenvalue weighted by atomic mass is 10.4. The quantitative estimate of drug-likeness (QED) is 0.553. The maximum atomic E-state index is 10.9. The highest BCUT2D eigenvalue weighted by molar-refractivity contribution is 8.00. The van der Waals surface area contributed by atoms with Crippen LogP contribution in [0.2, 0.25) is 0 Å². The molecule has 10 heavy (non-hydrogen) atoms. The van der Waals surface area contributed by atoms with Crippen LogP contribution in [-0.4, -0.2) is 29.0 Å². The molecule has 1 aliphatic rings. The Balaban J connectivity index is 2.50. The van der Waals surface area contributed by atoms with Crippen molar-refractivity contribution in [3.8, 4) is 6.07 Å². The third-order valence-electron chi connectivity index (χ3n) is 1.49. The lowest BCUT2D eigenvalue weighted by Gasteiger charge is -2.14. The highest BCUT2D eigenvalue weighted by Gasteiger charge is 2.27. The van der Waals surface area contributed by atoms with Crippen molar-refractivity contribution in [2.24, 2.45) is 0 Å². The number of nitriles is 1. The van der Waals surface area contributed by atoms with E-state index in [9.17, 15) is 4.79 Å². The molecule has 1 atom stereocenters. The minimum atomic E-state index is 0.0949. The number of hydrogen-bond donors (Lipinski definition) is 0. The fourth-order valence-corrected chi connectivity index (χ4v) is 1.89. The standard InChI is InChI=1S/C6H8N2OS/c1-8-5(9)4-10-6(8)2-3-7/h6H,2,4H2,1H3. The molecule has 1 aliphatic heterocycles. The Morgan fingerprint density at radius 1 is 2.00 bits per heavy atom. The second-order valence-corrected chi connectivity index (χ2v) is 3.30. The van der Waals surface area contributed by atoms with Gasteiger partial charge in [0.15, 0.2) is 0 Å². The van der Waals surface area contributed by atoms with E-state index in [0.29, 0.717) is 12.2 Å². The Morgan fingerprint density at radius 2 is 2.70 bits per heavy atom. The van der Waals surface area contributed by atoms with E-state index in [0.717, 1.165) is 0 Å². The molecule has 0 aromatic carbocycles. The van der Waals surface area contributed by atoms with Gasteiger partial charge in [-0.1, -0.05) is 0 Å². The maximum Gasteiger partial charge on any atom is 0.233 e. The fourth-order valence-electron chi connectivity index (χ4n) is 0.816. The fraction of sp³-hybridized carbons (Fsp3) is 0.667. The Morgan fingerprint density at radius 3 is 3.10 bits per heavy atom. The Kier molecular flexibility index (Phi) is 2.17. The molecule has 0 spiro atoms. The van der Waals surface area contributed by atoms with Crippen LogP contribution in [0.5, 0.6) is 0 Å². The van der Waals surface area contributed by atoms with Crippen LogP contribution in [0.4, 0.5) is 0 Å². The summed E-state index contributed by atoms with van der Waals surface area (Å²) in [6.07, 6.45) is 0.437. The average molecular weight is 156 g/mol. The van der Waals surface area contributed by atoms with E-state index in [2.05, 4.69) is 0 Å². The van der Waals surface area contributed by atoms with Crippen molar-refractivity contribution in [2.45, 2.75) is 11.8 Å². The van der Waals surface area contributed by atoms with E-state index in [1.54, 1.807) is 11.9 Å². The number of hydrogen-bond acceptors (Lipinski definition) is 3. The van der Waals surface area contributed by atoms with Crippen molar-refractivity contribution in [3.05, 3.63) is 0 Å². The summed E-state index contributed by atoms with van der Waals surface area (Å²) < 4.78 is 0. The minimum Gasteiger partial charge on any atom is -0.332 e. The van der Waals surface area contributed by atoms with Gasteiger partial charge in [-0.05, 0) is 0 Å². The monoisotopic (exact) mass is 156 g/mol. The summed E-state index contributed by atoms with van der Waals surface area (Å²) >= 11 is 1.54. The molecule has 0 aliphatic carbocycles. The molecule has 1 fully saturated rings. The molecule has 1 saturated heterocycles. The molecule has 4 heteroatoms. The first kappa shape index (κ1) is 7.42. The summed E-state index contributed by atoms with van der Waals surface area (Å²) in [5, 5.41) is 8.42. The van der Waals surface area contributed by atoms with Gasteiger partial charge >= 0.3 is 0 Å². The van der Waals surface area contributed by atoms with Crippen LogP contribution < -0.4 is 0 Å². The predicted octanol–water partition coefficient (Wildman–Crippen LogP) is 0.431. The van der Waals surface area contributed by atoms with E-state index in [-0.39, 0.29) is 11.3 Å². The van der Waals surface area contributed by atoms with Crippen LogP contribution in [0, 0.1) is 11.3 Å². The highest BCUT2D eigenvalue weighted by atomic mass is 32.2. The molecule has 0 bridgehead atoms. The van der Waals surface area contributed by atoms with Crippen molar-refractivity contribution in [1.29, 1.82) is 5.26 Å². The highest BCUT2D eigenvalue weighted by Crippen LogP contribution is 2.24. The summed E-state index contributed by atoms with van der Waals surface area (Å²) in [6.45, 7) is 0. The van der Waals surface area contributed by atoms with Crippen LogP contribution in [0.25, 0.3) is 0 Å². The topological polar surface area (TPSA) is 44.1 Å². The summed E-state index contributed by atoms with van der Waals surface area (Å²) in [7, 11) is 1.74. The van der Waals surface area contributed by atoms with E-state index >= 15 is 0 Å². The van der Waals surface area contributed by atoms with Crippen molar-refractivity contribution in [2.75, 3.05) is 12.8 Å². The third kappa shape index (κ3) is 1.24. The van der Waals surface area contributed by atoms with Crippen molar-refractivity contribution in [3.63, 3.8) is 0 Å². The van der Waals surface area contributed by atoms with Gasteiger partial charge < -0.3 is 4.90 Å². The van der Waals surface area contributed by atoms with E-state index < -0.39 is 0 Å². The summed E-state index contributed by atoms with van der Waals surface area (Å²) in [6, 6.07) is 2.05. The molecule has 0 radical (unpaired) electrons. The SMILES string of the molecule is CN1C(=O)CSC1CC#N. The minimum absolute atomic E-state index is 0.0949. The van der Waals surface area contributed by atoms with E-state index in [1.165, 1.54) is 11.8 Å². The van der Waals surface area contributed by atoms with Gasteiger partial charge in [0.25, 0.3) is 0 Å². The Bertz CT molecular complexity index is 187. The number of thioether (sulfide) groups is 1. The van der Waals surface area contributed by atoms with Gasteiger partial charge in [0.1, 0.15) is 0 Å². The molecule has 54 valence electrons. The lowest BCUT2D eigenvalue weighted by molar-refractivity contribution is -0.126. The number of nitrogens with zero attached hydrogens (tertiary/aromatic N) is 2. The predicted molar refractivity (Wildman–Crippen MR) is 39.2 cm³/mol. The lowest BCUT2D eigenvalue weighted by Crippen LogP contribution is -2.27. The third-order valence-corrected chi connectivity index (χ3v) is 2.77. The molecule has 1 heterocycles. The number of amides is 1. The Labute approximate surface area is 64.0 Å². The normalized spacial score (nSPS) is 25.0. The first-order chi connectivity index (χ1) is 4.75. The molecule has 1 amide bonds. The van der Waals surface area contributed by atoms with Crippen LogP contribution in [-0.2, 0) is 4.79 Å². The first-order valence-corrected chi connectivity index (χ1v) is 4.05.